The van der Waals surface area contributed by atoms with Gasteiger partial charge >= 0.3 is 5.97 Å². The number of ether oxygens (including phenoxy) is 1. The average molecular weight is 291 g/mol. The van der Waals surface area contributed by atoms with Gasteiger partial charge in [0.2, 0.25) is 0 Å². The predicted octanol–water partition coefficient (Wildman–Crippen LogP) is 1.98. The lowest BCUT2D eigenvalue weighted by molar-refractivity contribution is 0.0600. The van der Waals surface area contributed by atoms with Crippen molar-refractivity contribution in [1.82, 2.24) is 10.6 Å². The Balaban J connectivity index is 2.45. The number of nitrogens with one attached hydrogen (secondary N) is 2. The number of methoxy groups -OCH3 is 1. The first kappa shape index (κ1) is 17.0. The van der Waals surface area contributed by atoms with Crippen LogP contribution in [-0.2, 0) is 11.2 Å². The number of rotatable bonds is 7. The van der Waals surface area contributed by atoms with Crippen molar-refractivity contribution in [3.63, 3.8) is 0 Å². The molecule has 1 rings (SSSR count). The number of aliphatic imine (C=N–C) groups is 1. The van der Waals surface area contributed by atoms with E-state index in [9.17, 15) is 4.79 Å². The van der Waals surface area contributed by atoms with E-state index in [1.807, 2.05) is 12.1 Å². The number of nitrogens with zero attached hydrogens (tertiary/aromatic N) is 1. The van der Waals surface area contributed by atoms with Gasteiger partial charge in [-0.2, -0.15) is 0 Å². The summed E-state index contributed by atoms with van der Waals surface area (Å²) in [6.45, 7) is 6.63. The predicted molar refractivity (Wildman–Crippen MR) is 85.8 cm³/mol. The van der Waals surface area contributed by atoms with Crippen molar-refractivity contribution in [1.29, 1.82) is 0 Å². The first-order valence-corrected chi connectivity index (χ1v) is 7.40. The molecule has 0 bridgehead atoms. The van der Waals surface area contributed by atoms with E-state index in [1.54, 1.807) is 12.1 Å². The van der Waals surface area contributed by atoms with Crippen LogP contribution in [0.2, 0.25) is 0 Å². The molecule has 116 valence electrons. The molecule has 0 aliphatic rings. The van der Waals surface area contributed by atoms with Gasteiger partial charge in [-0.25, -0.2) is 4.79 Å². The molecule has 0 heterocycles. The largest absolute Gasteiger partial charge is 0.465 e. The van der Waals surface area contributed by atoms with Crippen LogP contribution in [0.5, 0.6) is 0 Å². The van der Waals surface area contributed by atoms with E-state index in [0.29, 0.717) is 5.56 Å². The summed E-state index contributed by atoms with van der Waals surface area (Å²) in [6.07, 6.45) is 1.91. The second kappa shape index (κ2) is 9.80. The maximum atomic E-state index is 11.3. The molecule has 0 unspecified atom stereocenters. The summed E-state index contributed by atoms with van der Waals surface area (Å²) in [4.78, 5) is 15.8. The fourth-order valence-electron chi connectivity index (χ4n) is 1.82. The van der Waals surface area contributed by atoms with Gasteiger partial charge in [-0.1, -0.05) is 19.1 Å². The highest BCUT2D eigenvalue weighted by atomic mass is 16.5. The average Bonchev–Trinajstić information content (AvgIpc) is 2.52. The van der Waals surface area contributed by atoms with Crippen molar-refractivity contribution >= 4 is 11.9 Å². The maximum Gasteiger partial charge on any atom is 0.337 e. The molecule has 0 aliphatic carbocycles. The highest BCUT2D eigenvalue weighted by Crippen LogP contribution is 2.06. The fraction of sp³-hybridized carbons (Fsp3) is 0.500. The maximum absolute atomic E-state index is 11.3. The SMILES string of the molecule is CCCN=C(NCC)NCCc1ccc(C(=O)OC)cc1. The van der Waals surface area contributed by atoms with E-state index >= 15 is 0 Å². The molecule has 0 aromatic heterocycles. The standard InChI is InChI=1S/C16H25N3O2/c1-4-11-18-16(17-5-2)19-12-10-13-6-8-14(9-7-13)15(20)21-3/h6-9H,4-5,10-12H2,1-3H3,(H2,17,18,19). The van der Waals surface area contributed by atoms with Crippen LogP contribution >= 0.6 is 0 Å². The zero-order valence-corrected chi connectivity index (χ0v) is 13.1. The van der Waals surface area contributed by atoms with Crippen LogP contribution in [-0.4, -0.2) is 38.7 Å². The van der Waals surface area contributed by atoms with Crippen molar-refractivity contribution in [3.05, 3.63) is 35.4 Å². The van der Waals surface area contributed by atoms with Gasteiger partial charge < -0.3 is 15.4 Å². The van der Waals surface area contributed by atoms with Gasteiger partial charge in [-0.3, -0.25) is 4.99 Å². The third kappa shape index (κ3) is 6.29. The van der Waals surface area contributed by atoms with Crippen LogP contribution in [0.4, 0.5) is 0 Å². The summed E-state index contributed by atoms with van der Waals surface area (Å²) in [5.74, 6) is 0.548. The first-order valence-electron chi connectivity index (χ1n) is 7.40. The molecule has 0 radical (unpaired) electrons. The molecule has 0 spiro atoms. The highest BCUT2D eigenvalue weighted by Gasteiger charge is 2.04. The molecule has 2 N–H and O–H groups in total. The molecule has 1 aromatic carbocycles. The highest BCUT2D eigenvalue weighted by molar-refractivity contribution is 5.89. The van der Waals surface area contributed by atoms with Gasteiger partial charge in [-0.15, -0.1) is 0 Å². The number of carbonyl (C=O) groups is 1. The summed E-state index contributed by atoms with van der Waals surface area (Å²) >= 11 is 0. The van der Waals surface area contributed by atoms with Crippen molar-refractivity contribution in [3.8, 4) is 0 Å². The minimum atomic E-state index is -0.305. The first-order chi connectivity index (χ1) is 10.2. The second-order valence-electron chi connectivity index (χ2n) is 4.63. The molecule has 0 saturated carbocycles. The Bertz CT molecular complexity index is 455. The van der Waals surface area contributed by atoms with Crippen molar-refractivity contribution in [2.45, 2.75) is 26.7 Å². The Labute approximate surface area is 126 Å². The van der Waals surface area contributed by atoms with Gasteiger partial charge in [-0.05, 0) is 37.5 Å². The summed E-state index contributed by atoms with van der Waals surface area (Å²) in [7, 11) is 1.39. The van der Waals surface area contributed by atoms with Gasteiger partial charge in [0.25, 0.3) is 0 Å². The van der Waals surface area contributed by atoms with Crippen LogP contribution < -0.4 is 10.6 Å². The molecule has 5 heteroatoms. The molecule has 0 atom stereocenters. The topological polar surface area (TPSA) is 62.7 Å². The van der Waals surface area contributed by atoms with Crippen LogP contribution in [0, 0.1) is 0 Å². The van der Waals surface area contributed by atoms with E-state index in [-0.39, 0.29) is 5.97 Å². The lowest BCUT2D eigenvalue weighted by Gasteiger charge is -2.11. The van der Waals surface area contributed by atoms with E-state index in [1.165, 1.54) is 12.7 Å². The molecule has 0 saturated heterocycles. The number of hydrogen-bond acceptors (Lipinski definition) is 3. The zero-order valence-electron chi connectivity index (χ0n) is 13.1. The minimum absolute atomic E-state index is 0.305. The number of carbonyl (C=O) groups excluding carboxylic acids is 1. The lowest BCUT2D eigenvalue weighted by atomic mass is 10.1. The van der Waals surface area contributed by atoms with Crippen LogP contribution in [0.3, 0.4) is 0 Å². The lowest BCUT2D eigenvalue weighted by Crippen LogP contribution is -2.38. The normalized spacial score (nSPS) is 11.1. The van der Waals surface area contributed by atoms with Gasteiger partial charge in [0.1, 0.15) is 0 Å². The third-order valence-corrected chi connectivity index (χ3v) is 2.92. The number of benzene rings is 1. The Hall–Kier alpha value is -2.04. The smallest absolute Gasteiger partial charge is 0.337 e. The Morgan fingerprint density at radius 2 is 1.90 bits per heavy atom. The van der Waals surface area contributed by atoms with E-state index < -0.39 is 0 Å². The number of hydrogen-bond donors (Lipinski definition) is 2. The monoisotopic (exact) mass is 291 g/mol. The minimum Gasteiger partial charge on any atom is -0.465 e. The summed E-state index contributed by atoms with van der Waals surface area (Å²) in [5.41, 5.74) is 1.74. The van der Waals surface area contributed by atoms with Crippen LogP contribution in [0.1, 0.15) is 36.2 Å². The van der Waals surface area contributed by atoms with Crippen molar-refractivity contribution in [2.75, 3.05) is 26.7 Å². The Kier molecular flexibility index (Phi) is 7.94. The fourth-order valence-corrected chi connectivity index (χ4v) is 1.82. The summed E-state index contributed by atoms with van der Waals surface area (Å²) in [5, 5.41) is 6.51. The number of guanidine groups is 1. The third-order valence-electron chi connectivity index (χ3n) is 2.92. The van der Waals surface area contributed by atoms with E-state index in [2.05, 4.69) is 34.2 Å². The molecule has 0 fully saturated rings. The molecule has 0 amide bonds. The summed E-state index contributed by atoms with van der Waals surface area (Å²) in [6, 6.07) is 7.48. The molecular formula is C16H25N3O2. The van der Waals surface area contributed by atoms with Gasteiger partial charge in [0.05, 0.1) is 12.7 Å². The summed E-state index contributed by atoms with van der Waals surface area (Å²) < 4.78 is 4.68. The Morgan fingerprint density at radius 3 is 2.48 bits per heavy atom. The second-order valence-corrected chi connectivity index (χ2v) is 4.63. The molecule has 21 heavy (non-hydrogen) atoms. The van der Waals surface area contributed by atoms with Crippen LogP contribution in [0.25, 0.3) is 0 Å². The molecule has 0 aliphatic heterocycles. The zero-order chi connectivity index (χ0) is 15.5. The Morgan fingerprint density at radius 1 is 1.19 bits per heavy atom. The molecular weight excluding hydrogens is 266 g/mol. The molecule has 5 nitrogen and oxygen atoms in total. The number of esters is 1. The van der Waals surface area contributed by atoms with Gasteiger partial charge in [0, 0.05) is 19.6 Å². The van der Waals surface area contributed by atoms with Gasteiger partial charge in [0.15, 0.2) is 5.96 Å². The van der Waals surface area contributed by atoms with Crippen molar-refractivity contribution in [2.24, 2.45) is 4.99 Å². The molecule has 1 aromatic rings. The van der Waals surface area contributed by atoms with E-state index in [0.717, 1.165) is 38.4 Å². The quantitative estimate of drug-likeness (QED) is 0.458. The van der Waals surface area contributed by atoms with Crippen molar-refractivity contribution < 1.29 is 9.53 Å². The van der Waals surface area contributed by atoms with E-state index in [4.69, 9.17) is 0 Å². The van der Waals surface area contributed by atoms with Crippen LogP contribution in [0.15, 0.2) is 29.3 Å².